The van der Waals surface area contributed by atoms with Crippen LogP contribution in [0.2, 0.25) is 0 Å². The third kappa shape index (κ3) is 3.26. The van der Waals surface area contributed by atoms with Gasteiger partial charge in [0.15, 0.2) is 0 Å². The van der Waals surface area contributed by atoms with Gasteiger partial charge in [0, 0.05) is 43.8 Å². The minimum absolute atomic E-state index is 0.175. The molecule has 5 rings (SSSR count). The van der Waals surface area contributed by atoms with Gasteiger partial charge in [0.1, 0.15) is 5.82 Å². The van der Waals surface area contributed by atoms with Crippen LogP contribution >= 0.6 is 0 Å². The van der Waals surface area contributed by atoms with E-state index in [-0.39, 0.29) is 6.54 Å². The Balaban J connectivity index is 1.69. The lowest BCUT2D eigenvalue weighted by molar-refractivity contribution is 0.201. The van der Waals surface area contributed by atoms with Crippen LogP contribution in [-0.2, 0) is 20.6 Å². The van der Waals surface area contributed by atoms with Gasteiger partial charge in [-0.1, -0.05) is 12.1 Å². The second-order valence-electron chi connectivity index (χ2n) is 7.84. The number of carboxylic acid groups (broad SMARTS) is 1. The normalized spacial score (nSPS) is 11.3. The Kier molecular flexibility index (Phi) is 4.62. The number of nitrogens with zero attached hydrogens (tertiary/aromatic N) is 6. The zero-order valence-corrected chi connectivity index (χ0v) is 18.0. The Morgan fingerprint density at radius 2 is 1.88 bits per heavy atom. The fraction of sp³-hybridized carbons (Fsp3) is 0.167. The summed E-state index contributed by atoms with van der Waals surface area (Å²) in [5.74, 6) is 0.825. The molecule has 0 saturated heterocycles. The van der Waals surface area contributed by atoms with Crippen molar-refractivity contribution in [1.82, 2.24) is 24.1 Å². The summed E-state index contributed by atoms with van der Waals surface area (Å²) in [5, 5.41) is 11.2. The van der Waals surface area contributed by atoms with E-state index in [1.54, 1.807) is 24.7 Å². The standard InChI is InChI=1S/C24H22N6O2/c1-15-27-13-19(29(15)3)14-30(24(31)32)18-11-20(23-21(12-18)25-7-8-26-23)17-5-4-16-6-9-28(2)22(16)10-17/h4-13H,14H2,1-3H3,(H,31,32). The molecule has 0 aliphatic carbocycles. The van der Waals surface area contributed by atoms with Crippen LogP contribution in [0.3, 0.4) is 0 Å². The number of anilines is 1. The monoisotopic (exact) mass is 426 g/mol. The molecule has 0 spiro atoms. The molecule has 160 valence electrons. The summed E-state index contributed by atoms with van der Waals surface area (Å²) in [6.07, 6.45) is 5.95. The molecular formula is C24H22N6O2. The molecule has 0 bridgehead atoms. The number of hydrogen-bond acceptors (Lipinski definition) is 4. The molecule has 32 heavy (non-hydrogen) atoms. The number of hydrogen-bond donors (Lipinski definition) is 1. The molecule has 0 aliphatic rings. The summed E-state index contributed by atoms with van der Waals surface area (Å²) in [7, 11) is 3.88. The average molecular weight is 426 g/mol. The number of amides is 1. The van der Waals surface area contributed by atoms with Crippen molar-refractivity contribution in [2.24, 2.45) is 14.1 Å². The van der Waals surface area contributed by atoms with Gasteiger partial charge in [-0.15, -0.1) is 0 Å². The van der Waals surface area contributed by atoms with E-state index >= 15 is 0 Å². The number of fused-ring (bicyclic) bond motifs is 2. The van der Waals surface area contributed by atoms with Crippen molar-refractivity contribution in [3.63, 3.8) is 0 Å². The van der Waals surface area contributed by atoms with Gasteiger partial charge in [-0.25, -0.2) is 9.78 Å². The number of imidazole rings is 1. The Morgan fingerprint density at radius 3 is 2.62 bits per heavy atom. The lowest BCUT2D eigenvalue weighted by Crippen LogP contribution is -2.29. The summed E-state index contributed by atoms with van der Waals surface area (Å²) >= 11 is 0. The first kappa shape index (κ1) is 19.7. The van der Waals surface area contributed by atoms with Crippen LogP contribution < -0.4 is 4.90 Å². The van der Waals surface area contributed by atoms with Crippen molar-refractivity contribution in [1.29, 1.82) is 0 Å². The van der Waals surface area contributed by atoms with Crippen LogP contribution in [0.1, 0.15) is 11.5 Å². The van der Waals surface area contributed by atoms with Crippen LogP contribution in [0, 0.1) is 6.92 Å². The maximum Gasteiger partial charge on any atom is 0.412 e. The van der Waals surface area contributed by atoms with Gasteiger partial charge in [0.05, 0.1) is 35.2 Å². The quantitative estimate of drug-likeness (QED) is 0.457. The molecule has 1 amide bonds. The smallest absolute Gasteiger partial charge is 0.412 e. The first-order valence-electron chi connectivity index (χ1n) is 10.2. The van der Waals surface area contributed by atoms with E-state index in [2.05, 4.69) is 37.7 Å². The molecule has 0 radical (unpaired) electrons. The summed E-state index contributed by atoms with van der Waals surface area (Å²) < 4.78 is 3.95. The maximum absolute atomic E-state index is 12.2. The minimum Gasteiger partial charge on any atom is -0.465 e. The molecular weight excluding hydrogens is 404 g/mol. The molecule has 0 aliphatic heterocycles. The van der Waals surface area contributed by atoms with Gasteiger partial charge in [0.2, 0.25) is 0 Å². The van der Waals surface area contributed by atoms with Crippen LogP contribution in [-0.4, -0.2) is 35.3 Å². The number of benzene rings is 2. The third-order valence-corrected chi connectivity index (χ3v) is 5.94. The van der Waals surface area contributed by atoms with Crippen LogP contribution in [0.4, 0.5) is 10.5 Å². The topological polar surface area (TPSA) is 89.1 Å². The molecule has 0 fully saturated rings. The van der Waals surface area contributed by atoms with Crippen LogP contribution in [0.15, 0.2) is 61.2 Å². The van der Waals surface area contributed by atoms with E-state index in [0.29, 0.717) is 11.2 Å². The second-order valence-corrected chi connectivity index (χ2v) is 7.84. The summed E-state index contributed by atoms with van der Waals surface area (Å²) in [5.41, 5.74) is 5.58. The molecule has 0 unspecified atom stereocenters. The first-order valence-corrected chi connectivity index (χ1v) is 10.2. The zero-order chi connectivity index (χ0) is 22.4. The van der Waals surface area contributed by atoms with E-state index in [4.69, 9.17) is 0 Å². The van der Waals surface area contributed by atoms with Gasteiger partial charge in [-0.2, -0.15) is 0 Å². The molecule has 8 nitrogen and oxygen atoms in total. The van der Waals surface area contributed by atoms with Crippen LogP contribution in [0.5, 0.6) is 0 Å². The fourth-order valence-corrected chi connectivity index (χ4v) is 3.99. The van der Waals surface area contributed by atoms with Gasteiger partial charge < -0.3 is 14.2 Å². The lowest BCUT2D eigenvalue weighted by atomic mass is 10.0. The zero-order valence-electron chi connectivity index (χ0n) is 18.0. The van der Waals surface area contributed by atoms with Crippen molar-refractivity contribution < 1.29 is 9.90 Å². The lowest BCUT2D eigenvalue weighted by Gasteiger charge is -2.21. The Bertz CT molecular complexity index is 1480. The van der Waals surface area contributed by atoms with Gasteiger partial charge in [0.25, 0.3) is 0 Å². The van der Waals surface area contributed by atoms with E-state index in [1.165, 1.54) is 4.90 Å². The van der Waals surface area contributed by atoms with Crippen molar-refractivity contribution in [2.75, 3.05) is 4.90 Å². The number of aromatic nitrogens is 5. The Morgan fingerprint density at radius 1 is 1.06 bits per heavy atom. The SMILES string of the molecule is Cc1ncc(CN(C(=O)O)c2cc(-c3ccc4ccn(C)c4c3)c3nccnc3c2)n1C. The summed E-state index contributed by atoms with van der Waals surface area (Å²) in [6.45, 7) is 2.06. The van der Waals surface area contributed by atoms with Crippen LogP contribution in [0.25, 0.3) is 33.1 Å². The third-order valence-electron chi connectivity index (χ3n) is 5.94. The number of rotatable bonds is 4. The van der Waals surface area contributed by atoms with Gasteiger partial charge in [-0.05, 0) is 42.1 Å². The maximum atomic E-state index is 12.2. The Labute approximate surface area is 184 Å². The first-order chi connectivity index (χ1) is 15.4. The van der Waals surface area contributed by atoms with Crippen molar-refractivity contribution in [3.05, 3.63) is 72.7 Å². The average Bonchev–Trinajstić information content (AvgIpc) is 3.32. The van der Waals surface area contributed by atoms with E-state index < -0.39 is 6.09 Å². The van der Waals surface area contributed by atoms with Crippen molar-refractivity contribution >= 4 is 33.7 Å². The highest BCUT2D eigenvalue weighted by Crippen LogP contribution is 2.34. The molecule has 0 atom stereocenters. The predicted molar refractivity (Wildman–Crippen MR) is 124 cm³/mol. The summed E-state index contributed by atoms with van der Waals surface area (Å²) in [6, 6.07) is 11.9. The molecule has 3 aromatic heterocycles. The molecule has 0 saturated carbocycles. The van der Waals surface area contributed by atoms with Gasteiger partial charge >= 0.3 is 6.09 Å². The molecule has 8 heteroatoms. The fourth-order valence-electron chi connectivity index (χ4n) is 3.99. The van der Waals surface area contributed by atoms with E-state index in [0.717, 1.165) is 39.1 Å². The van der Waals surface area contributed by atoms with Crippen molar-refractivity contribution in [2.45, 2.75) is 13.5 Å². The Hall–Kier alpha value is -4.20. The van der Waals surface area contributed by atoms with E-state index in [1.807, 2.05) is 43.9 Å². The minimum atomic E-state index is -1.05. The number of carbonyl (C=O) groups is 1. The van der Waals surface area contributed by atoms with E-state index in [9.17, 15) is 9.90 Å². The molecule has 1 N–H and O–H groups in total. The highest BCUT2D eigenvalue weighted by Gasteiger charge is 2.20. The summed E-state index contributed by atoms with van der Waals surface area (Å²) in [4.78, 5) is 26.9. The van der Waals surface area contributed by atoms with Crippen molar-refractivity contribution in [3.8, 4) is 11.1 Å². The molecule has 5 aromatic rings. The molecule has 3 heterocycles. The van der Waals surface area contributed by atoms with Gasteiger partial charge in [-0.3, -0.25) is 14.9 Å². The number of aryl methyl sites for hydroxylation is 2. The predicted octanol–water partition coefficient (Wildman–Crippen LogP) is 4.52. The highest BCUT2D eigenvalue weighted by atomic mass is 16.4. The molecule has 2 aromatic carbocycles. The largest absolute Gasteiger partial charge is 0.465 e. The highest BCUT2D eigenvalue weighted by molar-refractivity contribution is 5.99. The second kappa shape index (κ2) is 7.49.